The SMILES string of the molecule is C=C(CO)N(CCC(NC(=O)C(CC(N)=O)NC(=O)CNC(=O)CNC(=O)[C@H](CCCCN)NC(C)=O)C(=O)NCCC(N)=O)C(c1cc(-c2cc(P)ccc2P)cn1Cc1ccccc1)C(C)(C)C. The smallest absolute Gasteiger partial charge is 0.243 e. The van der Waals surface area contributed by atoms with Crippen LogP contribution in [0.1, 0.15) is 83.5 Å². The van der Waals surface area contributed by atoms with Gasteiger partial charge >= 0.3 is 0 Å². The molecular formula is C48H71N11O9P2. The van der Waals surface area contributed by atoms with E-state index in [1.165, 1.54) is 6.92 Å². The number of nitrogens with zero attached hydrogens (tertiary/aromatic N) is 2. The summed E-state index contributed by atoms with van der Waals surface area (Å²) in [6.07, 6.45) is 2.54. The van der Waals surface area contributed by atoms with Crippen LogP contribution in [0.4, 0.5) is 0 Å². The van der Waals surface area contributed by atoms with Gasteiger partial charge in [0.15, 0.2) is 0 Å². The first kappa shape index (κ1) is 58.1. The number of nitrogens with one attached hydrogen (secondary N) is 6. The molecule has 2 aromatic carbocycles. The van der Waals surface area contributed by atoms with Crippen LogP contribution >= 0.6 is 18.5 Å². The lowest BCUT2D eigenvalue weighted by atomic mass is 9.82. The Morgan fingerprint density at radius 1 is 0.786 bits per heavy atom. The van der Waals surface area contributed by atoms with Crippen LogP contribution in [-0.4, -0.2) is 119 Å². The zero-order chi connectivity index (χ0) is 52.1. The fourth-order valence-electron chi connectivity index (χ4n) is 7.71. The van der Waals surface area contributed by atoms with Gasteiger partial charge in [0.25, 0.3) is 0 Å². The summed E-state index contributed by atoms with van der Waals surface area (Å²) >= 11 is 0. The Balaban J connectivity index is 1.91. The van der Waals surface area contributed by atoms with Crippen LogP contribution in [-0.2, 0) is 44.9 Å². The molecule has 0 bridgehead atoms. The number of aromatic nitrogens is 1. The second-order valence-electron chi connectivity index (χ2n) is 18.0. The highest BCUT2D eigenvalue weighted by Crippen LogP contribution is 2.42. The number of primary amides is 2. The van der Waals surface area contributed by atoms with Crippen LogP contribution in [0.5, 0.6) is 0 Å². The Labute approximate surface area is 414 Å². The van der Waals surface area contributed by atoms with E-state index < -0.39 is 103 Å². The maximum absolute atomic E-state index is 14.0. The number of unbranched alkanes of at least 4 members (excludes halogenated alkanes) is 1. The number of hydrogen-bond donors (Lipinski definition) is 10. The van der Waals surface area contributed by atoms with Crippen molar-refractivity contribution in [1.29, 1.82) is 0 Å². The Kier molecular flexibility index (Phi) is 23.6. The molecular weight excluding hydrogens is 937 g/mol. The molecule has 0 aliphatic heterocycles. The van der Waals surface area contributed by atoms with Crippen molar-refractivity contribution in [1.82, 2.24) is 41.4 Å². The van der Waals surface area contributed by atoms with Gasteiger partial charge in [-0.15, -0.1) is 18.5 Å². The van der Waals surface area contributed by atoms with Gasteiger partial charge < -0.3 is 63.7 Å². The molecule has 0 spiro atoms. The predicted octanol–water partition coefficient (Wildman–Crippen LogP) is -0.808. The third kappa shape index (κ3) is 19.3. The lowest BCUT2D eigenvalue weighted by Gasteiger charge is -2.43. The summed E-state index contributed by atoms with van der Waals surface area (Å²) < 4.78 is 2.15. The highest BCUT2D eigenvalue weighted by molar-refractivity contribution is 7.28. The van der Waals surface area contributed by atoms with Crippen molar-refractivity contribution in [3.05, 3.63) is 84.3 Å². The summed E-state index contributed by atoms with van der Waals surface area (Å²) in [5, 5.41) is 27.5. The summed E-state index contributed by atoms with van der Waals surface area (Å²) in [7, 11) is 5.51. The van der Waals surface area contributed by atoms with Gasteiger partial charge in [0.1, 0.15) is 18.1 Å². The first-order valence-corrected chi connectivity index (χ1v) is 24.1. The molecule has 3 aromatic rings. The first-order chi connectivity index (χ1) is 33.0. The molecule has 382 valence electrons. The molecule has 0 saturated carbocycles. The highest BCUT2D eigenvalue weighted by Gasteiger charge is 2.37. The summed E-state index contributed by atoms with van der Waals surface area (Å²) in [6.45, 7) is 10.7. The van der Waals surface area contributed by atoms with E-state index in [0.29, 0.717) is 31.6 Å². The van der Waals surface area contributed by atoms with Gasteiger partial charge in [-0.25, -0.2) is 0 Å². The van der Waals surface area contributed by atoms with Crippen LogP contribution < -0.4 is 59.7 Å². The topological polar surface area (TPSA) is 315 Å². The molecule has 0 aliphatic rings. The number of aliphatic hydroxyl groups excluding tert-OH is 1. The monoisotopic (exact) mass is 1010 g/mol. The number of benzene rings is 2. The Bertz CT molecular complexity index is 2320. The second-order valence-corrected chi connectivity index (χ2v) is 19.3. The molecule has 0 saturated heterocycles. The summed E-state index contributed by atoms with van der Waals surface area (Å²) in [6, 6.07) is 13.8. The summed E-state index contributed by atoms with van der Waals surface area (Å²) in [5.74, 6) is -6.06. The molecule has 20 nitrogen and oxygen atoms in total. The lowest BCUT2D eigenvalue weighted by Crippen LogP contribution is -2.56. The van der Waals surface area contributed by atoms with Gasteiger partial charge in [0.05, 0.1) is 32.2 Å². The van der Waals surface area contributed by atoms with Crippen molar-refractivity contribution >= 4 is 76.3 Å². The number of carbonyl (C=O) groups is 8. The van der Waals surface area contributed by atoms with Crippen molar-refractivity contribution in [3.8, 4) is 11.1 Å². The molecule has 8 amide bonds. The third-order valence-corrected chi connectivity index (χ3v) is 11.9. The minimum Gasteiger partial charge on any atom is -0.390 e. The molecule has 0 fully saturated rings. The van der Waals surface area contributed by atoms with E-state index in [2.05, 4.69) is 79.9 Å². The van der Waals surface area contributed by atoms with E-state index in [-0.39, 0.29) is 32.4 Å². The number of hydrogen-bond acceptors (Lipinski definition) is 11. The van der Waals surface area contributed by atoms with E-state index in [9.17, 15) is 43.5 Å². The average molecular weight is 1010 g/mol. The Morgan fingerprint density at radius 2 is 1.44 bits per heavy atom. The lowest BCUT2D eigenvalue weighted by molar-refractivity contribution is -0.134. The molecule has 6 atom stereocenters. The first-order valence-electron chi connectivity index (χ1n) is 22.9. The number of rotatable bonds is 29. The van der Waals surface area contributed by atoms with Crippen molar-refractivity contribution in [2.24, 2.45) is 22.6 Å². The summed E-state index contributed by atoms with van der Waals surface area (Å²) in [5.41, 5.74) is 20.0. The molecule has 1 heterocycles. The molecule has 3 rings (SSSR count). The zero-order valence-corrected chi connectivity index (χ0v) is 42.8. The van der Waals surface area contributed by atoms with Crippen molar-refractivity contribution in [3.63, 3.8) is 0 Å². The Morgan fingerprint density at radius 3 is 2.06 bits per heavy atom. The van der Waals surface area contributed by atoms with Crippen LogP contribution in [0.2, 0.25) is 0 Å². The van der Waals surface area contributed by atoms with E-state index in [1.807, 2.05) is 68.1 Å². The molecule has 70 heavy (non-hydrogen) atoms. The van der Waals surface area contributed by atoms with Gasteiger partial charge in [-0.05, 0) is 71.5 Å². The highest BCUT2D eigenvalue weighted by atomic mass is 31.0. The number of nitrogens with two attached hydrogens (primary N) is 3. The Hall–Kier alpha value is -6.20. The number of aliphatic hydroxyl groups is 1. The van der Waals surface area contributed by atoms with E-state index >= 15 is 0 Å². The fourth-order valence-corrected chi connectivity index (χ4v) is 8.32. The average Bonchev–Trinajstić information content (AvgIpc) is 3.69. The maximum atomic E-state index is 14.0. The van der Waals surface area contributed by atoms with E-state index in [4.69, 9.17) is 17.2 Å². The van der Waals surface area contributed by atoms with Gasteiger partial charge in [-0.1, -0.05) is 69.8 Å². The van der Waals surface area contributed by atoms with Gasteiger partial charge in [0, 0.05) is 56.1 Å². The van der Waals surface area contributed by atoms with Crippen LogP contribution in [0, 0.1) is 5.41 Å². The fraction of sp³-hybridized carbons (Fsp3) is 0.458. The van der Waals surface area contributed by atoms with Gasteiger partial charge in [-0.3, -0.25) is 38.4 Å². The zero-order valence-electron chi connectivity index (χ0n) is 40.5. The second kappa shape index (κ2) is 28.5. The largest absolute Gasteiger partial charge is 0.390 e. The van der Waals surface area contributed by atoms with Gasteiger partial charge in [0.2, 0.25) is 47.3 Å². The summed E-state index contributed by atoms with van der Waals surface area (Å²) in [4.78, 5) is 104. The van der Waals surface area contributed by atoms with E-state index in [1.54, 1.807) is 0 Å². The van der Waals surface area contributed by atoms with Gasteiger partial charge in [-0.2, -0.15) is 0 Å². The van der Waals surface area contributed by atoms with Crippen LogP contribution in [0.25, 0.3) is 11.1 Å². The van der Waals surface area contributed by atoms with Crippen molar-refractivity contribution in [2.45, 2.75) is 96.9 Å². The normalized spacial score (nSPS) is 12.9. The predicted molar refractivity (Wildman–Crippen MR) is 275 cm³/mol. The minimum atomic E-state index is -1.61. The van der Waals surface area contributed by atoms with Crippen LogP contribution in [0.15, 0.2) is 73.1 Å². The molecule has 22 heteroatoms. The van der Waals surface area contributed by atoms with E-state index in [0.717, 1.165) is 33.0 Å². The minimum absolute atomic E-state index is 0.0337. The molecule has 1 aromatic heterocycles. The molecule has 0 radical (unpaired) electrons. The molecule has 5 unspecified atom stereocenters. The van der Waals surface area contributed by atoms with Crippen molar-refractivity contribution < 1.29 is 43.5 Å². The maximum Gasteiger partial charge on any atom is 0.243 e. The third-order valence-electron chi connectivity index (χ3n) is 11.0. The molecule has 13 N–H and O–H groups in total. The van der Waals surface area contributed by atoms with Crippen molar-refractivity contribution in [2.75, 3.05) is 39.3 Å². The quantitative estimate of drug-likeness (QED) is 0.0303. The number of carbonyl (C=O) groups excluding carboxylic acids is 8. The van der Waals surface area contributed by atoms with Crippen LogP contribution in [0.3, 0.4) is 0 Å². The standard InChI is InChI=1S/C48H71N11O9P2/c1-29(28-60)59(44(48(3,4)5)38-21-32(34-22-33(69)14-15-39(34)70)27-58(38)26-31-11-7-6-8-12-31)20-17-36(45(66)52-19-16-40(50)62)57-47(68)37(23-41(51)63)56-43(65)25-53-42(64)24-54-46(67)35(55-30(2)61)13-9-10-18-49/h6-8,11-12,14-15,21-22,27,35-37,44,60H,1,9-10,13,16-20,23-26,28,49,69-70H2,2-5H3,(H2,50,62)(H2,51,63)(H,52,66)(H,53,64)(H,54,67)(H,55,61)(H,56,65)(H,57,68)/t35-,36?,37?,44?/m0/s1. The molecule has 0 aliphatic carbocycles. The number of amides is 8.